The molecule has 4 nitrogen and oxygen atoms in total. The number of benzene rings is 1. The van der Waals surface area contributed by atoms with Crippen molar-refractivity contribution in [2.24, 2.45) is 0 Å². The highest BCUT2D eigenvalue weighted by molar-refractivity contribution is 6.06. The van der Waals surface area contributed by atoms with Gasteiger partial charge >= 0.3 is 0 Å². The van der Waals surface area contributed by atoms with Crippen molar-refractivity contribution in [3.63, 3.8) is 0 Å². The first kappa shape index (κ1) is 14.1. The van der Waals surface area contributed by atoms with E-state index in [1.54, 1.807) is 24.3 Å². The summed E-state index contributed by atoms with van der Waals surface area (Å²) in [6.07, 6.45) is 3.36. The van der Waals surface area contributed by atoms with Gasteiger partial charge in [0.15, 0.2) is 0 Å². The highest BCUT2D eigenvalue weighted by Crippen LogP contribution is 2.19. The fraction of sp³-hybridized carbons (Fsp3) is 0.250. The molecular weight excluding hydrogens is 250 g/mol. The molecule has 104 valence electrons. The third-order valence-corrected chi connectivity index (χ3v) is 3.20. The minimum Gasteiger partial charge on any atom is -0.385 e. The normalized spacial score (nSPS) is 10.2. The summed E-state index contributed by atoms with van der Waals surface area (Å²) in [7, 11) is 1.77. The van der Waals surface area contributed by atoms with Crippen LogP contribution in [0.15, 0.2) is 42.7 Å². The van der Waals surface area contributed by atoms with E-state index in [1.165, 1.54) is 0 Å². The molecule has 0 fully saturated rings. The molecule has 1 aromatic heterocycles. The van der Waals surface area contributed by atoms with Crippen LogP contribution in [0.5, 0.6) is 0 Å². The van der Waals surface area contributed by atoms with Crippen molar-refractivity contribution in [1.29, 1.82) is 0 Å². The molecule has 0 saturated heterocycles. The van der Waals surface area contributed by atoms with Gasteiger partial charge in [-0.15, -0.1) is 0 Å². The number of nitrogens with zero attached hydrogens (tertiary/aromatic N) is 2. The number of aryl methyl sites for hydroxylation is 1. The molecule has 2 aromatic rings. The van der Waals surface area contributed by atoms with E-state index < -0.39 is 0 Å². The SMILES string of the molecule is CCNc1ccc(C(=O)N(C)c2ccncc2)cc1C. The Labute approximate surface area is 119 Å². The van der Waals surface area contributed by atoms with Crippen molar-refractivity contribution in [2.45, 2.75) is 13.8 Å². The molecule has 2 rings (SSSR count). The first-order valence-electron chi connectivity index (χ1n) is 6.66. The second-order valence-electron chi connectivity index (χ2n) is 4.63. The standard InChI is InChI=1S/C16H19N3O/c1-4-18-15-6-5-13(11-12(15)2)16(20)19(3)14-7-9-17-10-8-14/h5-11,18H,4H2,1-3H3. The predicted molar refractivity (Wildman–Crippen MR) is 82.3 cm³/mol. The van der Waals surface area contributed by atoms with Gasteiger partial charge in [-0.1, -0.05) is 0 Å². The minimum absolute atomic E-state index is 0.0256. The molecular formula is C16H19N3O. The van der Waals surface area contributed by atoms with Gasteiger partial charge in [-0.05, 0) is 49.7 Å². The van der Waals surface area contributed by atoms with Crippen LogP contribution in [0.3, 0.4) is 0 Å². The van der Waals surface area contributed by atoms with Crippen LogP contribution < -0.4 is 10.2 Å². The first-order chi connectivity index (χ1) is 9.63. The second kappa shape index (κ2) is 6.19. The van der Waals surface area contributed by atoms with Gasteiger partial charge in [-0.3, -0.25) is 9.78 Å². The molecule has 4 heteroatoms. The van der Waals surface area contributed by atoms with E-state index >= 15 is 0 Å². The van der Waals surface area contributed by atoms with Gasteiger partial charge in [-0.25, -0.2) is 0 Å². The number of rotatable bonds is 4. The number of pyridine rings is 1. The molecule has 1 amide bonds. The smallest absolute Gasteiger partial charge is 0.258 e. The highest BCUT2D eigenvalue weighted by atomic mass is 16.2. The number of hydrogen-bond donors (Lipinski definition) is 1. The zero-order valence-corrected chi connectivity index (χ0v) is 12.1. The number of anilines is 2. The molecule has 0 atom stereocenters. The van der Waals surface area contributed by atoms with E-state index in [-0.39, 0.29) is 5.91 Å². The van der Waals surface area contributed by atoms with Crippen molar-refractivity contribution in [3.8, 4) is 0 Å². The summed E-state index contributed by atoms with van der Waals surface area (Å²) in [4.78, 5) is 18.0. The minimum atomic E-state index is -0.0256. The predicted octanol–water partition coefficient (Wildman–Crippen LogP) is 3.10. The Morgan fingerprint density at radius 2 is 1.95 bits per heavy atom. The van der Waals surface area contributed by atoms with Crippen molar-refractivity contribution >= 4 is 17.3 Å². The number of nitrogens with one attached hydrogen (secondary N) is 1. The molecule has 0 aliphatic carbocycles. The van der Waals surface area contributed by atoms with Gasteiger partial charge < -0.3 is 10.2 Å². The topological polar surface area (TPSA) is 45.2 Å². The summed E-state index contributed by atoms with van der Waals surface area (Å²) < 4.78 is 0. The lowest BCUT2D eigenvalue weighted by Crippen LogP contribution is -2.26. The van der Waals surface area contributed by atoms with Crippen LogP contribution in [0.1, 0.15) is 22.8 Å². The van der Waals surface area contributed by atoms with Crippen LogP contribution in [0.25, 0.3) is 0 Å². The van der Waals surface area contributed by atoms with Crippen LogP contribution in [0.2, 0.25) is 0 Å². The van der Waals surface area contributed by atoms with Crippen LogP contribution in [0, 0.1) is 6.92 Å². The Morgan fingerprint density at radius 3 is 2.55 bits per heavy atom. The molecule has 20 heavy (non-hydrogen) atoms. The van der Waals surface area contributed by atoms with E-state index in [2.05, 4.69) is 17.2 Å². The Morgan fingerprint density at radius 1 is 1.25 bits per heavy atom. The van der Waals surface area contributed by atoms with Crippen molar-refractivity contribution < 1.29 is 4.79 Å². The average molecular weight is 269 g/mol. The maximum atomic E-state index is 12.5. The van der Waals surface area contributed by atoms with E-state index in [1.807, 2.05) is 37.3 Å². The monoisotopic (exact) mass is 269 g/mol. The van der Waals surface area contributed by atoms with E-state index in [0.717, 1.165) is 23.5 Å². The summed E-state index contributed by atoms with van der Waals surface area (Å²) in [5.41, 5.74) is 3.65. The summed E-state index contributed by atoms with van der Waals surface area (Å²) in [5.74, 6) is -0.0256. The summed E-state index contributed by atoms with van der Waals surface area (Å²) in [5, 5.41) is 3.27. The number of amides is 1. The molecule has 0 unspecified atom stereocenters. The Balaban J connectivity index is 2.23. The largest absolute Gasteiger partial charge is 0.385 e. The lowest BCUT2D eigenvalue weighted by Gasteiger charge is -2.18. The van der Waals surface area contributed by atoms with Crippen LogP contribution in [0.4, 0.5) is 11.4 Å². The fourth-order valence-electron chi connectivity index (χ4n) is 2.06. The van der Waals surface area contributed by atoms with E-state index in [9.17, 15) is 4.79 Å². The molecule has 0 saturated carbocycles. The lowest BCUT2D eigenvalue weighted by molar-refractivity contribution is 0.0993. The summed E-state index contributed by atoms with van der Waals surface area (Å²) in [6.45, 7) is 4.92. The Hall–Kier alpha value is -2.36. The van der Waals surface area contributed by atoms with Crippen molar-refractivity contribution in [3.05, 3.63) is 53.9 Å². The van der Waals surface area contributed by atoms with Gasteiger partial charge in [0, 0.05) is 42.9 Å². The number of carbonyl (C=O) groups is 1. The van der Waals surface area contributed by atoms with Gasteiger partial charge in [-0.2, -0.15) is 0 Å². The Bertz CT molecular complexity index is 596. The van der Waals surface area contributed by atoms with Gasteiger partial charge in [0.25, 0.3) is 5.91 Å². The first-order valence-corrected chi connectivity index (χ1v) is 6.66. The number of hydrogen-bond acceptors (Lipinski definition) is 3. The van der Waals surface area contributed by atoms with Crippen LogP contribution >= 0.6 is 0 Å². The maximum absolute atomic E-state index is 12.5. The Kier molecular flexibility index (Phi) is 4.35. The molecule has 0 bridgehead atoms. The van der Waals surface area contributed by atoms with E-state index in [0.29, 0.717) is 5.56 Å². The molecule has 0 aliphatic heterocycles. The second-order valence-corrected chi connectivity index (χ2v) is 4.63. The highest BCUT2D eigenvalue weighted by Gasteiger charge is 2.14. The maximum Gasteiger partial charge on any atom is 0.258 e. The van der Waals surface area contributed by atoms with E-state index in [4.69, 9.17) is 0 Å². The van der Waals surface area contributed by atoms with Gasteiger partial charge in [0.05, 0.1) is 0 Å². The molecule has 0 radical (unpaired) electrons. The average Bonchev–Trinajstić information content (AvgIpc) is 2.49. The third kappa shape index (κ3) is 2.96. The summed E-state index contributed by atoms with van der Waals surface area (Å²) >= 11 is 0. The van der Waals surface area contributed by atoms with Gasteiger partial charge in [0.1, 0.15) is 0 Å². The fourth-order valence-corrected chi connectivity index (χ4v) is 2.06. The van der Waals surface area contributed by atoms with Crippen molar-refractivity contribution in [1.82, 2.24) is 4.98 Å². The zero-order valence-electron chi connectivity index (χ0n) is 12.1. The van der Waals surface area contributed by atoms with Gasteiger partial charge in [0.2, 0.25) is 0 Å². The third-order valence-electron chi connectivity index (χ3n) is 3.20. The lowest BCUT2D eigenvalue weighted by atomic mass is 10.1. The number of carbonyl (C=O) groups excluding carboxylic acids is 1. The molecule has 0 spiro atoms. The number of aromatic nitrogens is 1. The van der Waals surface area contributed by atoms with Crippen LogP contribution in [-0.2, 0) is 0 Å². The molecule has 1 heterocycles. The molecule has 1 N–H and O–H groups in total. The van der Waals surface area contributed by atoms with Crippen molar-refractivity contribution in [2.75, 3.05) is 23.8 Å². The quantitative estimate of drug-likeness (QED) is 0.927. The molecule has 0 aliphatic rings. The zero-order chi connectivity index (χ0) is 14.5. The molecule has 1 aromatic carbocycles. The van der Waals surface area contributed by atoms with Crippen LogP contribution in [-0.4, -0.2) is 24.5 Å². The summed E-state index contributed by atoms with van der Waals surface area (Å²) in [6, 6.07) is 9.35.